The molecule has 0 fully saturated rings. The number of anilines is 1. The van der Waals surface area contributed by atoms with Gasteiger partial charge in [0.05, 0.1) is 18.3 Å². The number of carbonyl (C=O) groups is 1. The molecule has 1 amide bonds. The minimum Gasteiger partial charge on any atom is -0.378 e. The fraction of sp³-hybridized carbons (Fsp3) is 0.167. The van der Waals surface area contributed by atoms with E-state index in [2.05, 4.69) is 10.6 Å². The number of amides is 1. The number of nitrogens with one attached hydrogen (secondary N) is 2. The first-order valence-electron chi connectivity index (χ1n) is 10.0. The van der Waals surface area contributed by atoms with E-state index in [1.165, 1.54) is 0 Å². The Balaban J connectivity index is 1.60. The molecule has 0 spiro atoms. The fourth-order valence-corrected chi connectivity index (χ4v) is 3.58. The zero-order valence-electron chi connectivity index (χ0n) is 16.8. The molecule has 0 bridgehead atoms. The summed E-state index contributed by atoms with van der Waals surface area (Å²) in [6.45, 7) is 0.611. The number of aliphatic imine (C=N–C) groups is 1. The summed E-state index contributed by atoms with van der Waals surface area (Å²) in [7, 11) is 0. The molecule has 0 aliphatic carbocycles. The van der Waals surface area contributed by atoms with Crippen molar-refractivity contribution in [2.75, 3.05) is 18.4 Å². The number of hydrogen-bond donors (Lipinski definition) is 2. The van der Waals surface area contributed by atoms with Crippen LogP contribution in [0, 0.1) is 10.1 Å². The third kappa shape index (κ3) is 4.95. The van der Waals surface area contributed by atoms with Gasteiger partial charge < -0.3 is 10.6 Å². The Morgan fingerprint density at radius 3 is 2.48 bits per heavy atom. The number of benzene rings is 3. The predicted octanol–water partition coefficient (Wildman–Crippen LogP) is 3.52. The predicted molar refractivity (Wildman–Crippen MR) is 120 cm³/mol. The van der Waals surface area contributed by atoms with Crippen LogP contribution < -0.4 is 10.6 Å². The number of benzodiazepines with no additional fused rings is 1. The summed E-state index contributed by atoms with van der Waals surface area (Å²) >= 11 is 0. The summed E-state index contributed by atoms with van der Waals surface area (Å²) in [5, 5.41) is 17.4. The van der Waals surface area contributed by atoms with Crippen LogP contribution in [0.4, 0.5) is 5.69 Å². The van der Waals surface area contributed by atoms with E-state index in [0.29, 0.717) is 24.2 Å². The van der Waals surface area contributed by atoms with Crippen molar-refractivity contribution >= 4 is 17.3 Å². The van der Waals surface area contributed by atoms with Gasteiger partial charge in [0.1, 0.15) is 0 Å². The van der Waals surface area contributed by atoms with Gasteiger partial charge in [-0.2, -0.15) is 0 Å². The van der Waals surface area contributed by atoms with E-state index < -0.39 is 0 Å². The van der Waals surface area contributed by atoms with Crippen LogP contribution in [0.2, 0.25) is 0 Å². The summed E-state index contributed by atoms with van der Waals surface area (Å²) in [6.07, 6.45) is 0. The van der Waals surface area contributed by atoms with Gasteiger partial charge in [-0.3, -0.25) is 19.9 Å². The second-order valence-electron chi connectivity index (χ2n) is 7.34. The molecule has 2 N–H and O–H groups in total. The lowest BCUT2D eigenvalue weighted by Crippen LogP contribution is -2.38. The lowest BCUT2D eigenvalue weighted by Gasteiger charge is -2.18. The molecule has 3 aromatic rings. The van der Waals surface area contributed by atoms with E-state index >= 15 is 0 Å². The van der Waals surface area contributed by atoms with Gasteiger partial charge in [0.15, 0.2) is 0 Å². The Labute approximate surface area is 180 Å². The molecule has 4 rings (SSSR count). The van der Waals surface area contributed by atoms with Crippen LogP contribution >= 0.6 is 0 Å². The Morgan fingerprint density at radius 1 is 1.06 bits per heavy atom. The molecule has 31 heavy (non-hydrogen) atoms. The van der Waals surface area contributed by atoms with Crippen LogP contribution in [0.5, 0.6) is 0 Å². The zero-order chi connectivity index (χ0) is 21.6. The maximum absolute atomic E-state index is 12.4. The number of hydrogen-bond acceptors (Lipinski definition) is 5. The molecule has 156 valence electrons. The minimum absolute atomic E-state index is 0.117. The number of nitro groups is 1. The highest BCUT2D eigenvalue weighted by molar-refractivity contribution is 6.16. The average molecular weight is 414 g/mol. The molecular weight excluding hydrogens is 392 g/mol. The number of nitrogens with zero attached hydrogens (tertiary/aromatic N) is 2. The van der Waals surface area contributed by atoms with Gasteiger partial charge in [0.25, 0.3) is 5.91 Å². The van der Waals surface area contributed by atoms with Crippen molar-refractivity contribution in [3.8, 4) is 0 Å². The molecule has 1 atom stereocenters. The number of rotatable bonds is 6. The molecule has 0 saturated heterocycles. The second-order valence-corrected chi connectivity index (χ2v) is 7.34. The van der Waals surface area contributed by atoms with Gasteiger partial charge in [0, 0.05) is 39.4 Å². The fourth-order valence-electron chi connectivity index (χ4n) is 3.58. The molecule has 7 nitrogen and oxygen atoms in total. The Morgan fingerprint density at radius 2 is 1.77 bits per heavy atom. The van der Waals surface area contributed by atoms with Crippen molar-refractivity contribution < 1.29 is 9.72 Å². The van der Waals surface area contributed by atoms with Crippen LogP contribution in [0.25, 0.3) is 0 Å². The molecule has 1 aliphatic heterocycles. The highest BCUT2D eigenvalue weighted by atomic mass is 16.6. The molecular formula is C24H22N4O3. The van der Waals surface area contributed by atoms with Crippen LogP contribution in [-0.4, -0.2) is 35.7 Å². The van der Waals surface area contributed by atoms with Gasteiger partial charge in [0.2, 0.25) is 6.54 Å². The van der Waals surface area contributed by atoms with Crippen molar-refractivity contribution in [1.82, 2.24) is 5.32 Å². The van der Waals surface area contributed by atoms with Crippen molar-refractivity contribution in [2.45, 2.75) is 12.6 Å². The van der Waals surface area contributed by atoms with Gasteiger partial charge >= 0.3 is 0 Å². The summed E-state index contributed by atoms with van der Waals surface area (Å²) in [6, 6.07) is 24.1. The quantitative estimate of drug-likeness (QED) is 0.476. The van der Waals surface area contributed by atoms with Crippen molar-refractivity contribution in [3.05, 3.63) is 111 Å². The van der Waals surface area contributed by atoms with Crippen molar-refractivity contribution in [1.29, 1.82) is 0 Å². The van der Waals surface area contributed by atoms with E-state index in [-0.39, 0.29) is 23.4 Å². The molecule has 1 heterocycles. The van der Waals surface area contributed by atoms with E-state index in [0.717, 1.165) is 22.5 Å². The highest BCUT2D eigenvalue weighted by Gasteiger charge is 2.21. The standard InChI is InChI=1S/C24H22N4O3/c29-24(19-9-5-2-6-10-19)26-15-20-14-25-23(18-7-3-1-4-8-18)21-13-17(16-28(30)31)11-12-22(21)27-20/h1-13,20,27H,14-16H2,(H,26,29). The normalized spacial score (nSPS) is 15.1. The van der Waals surface area contributed by atoms with Gasteiger partial charge in [-0.05, 0) is 24.3 Å². The molecule has 1 unspecified atom stereocenters. The molecule has 0 saturated carbocycles. The second kappa shape index (κ2) is 9.21. The number of carbonyl (C=O) groups excluding carboxylic acids is 1. The van der Waals surface area contributed by atoms with E-state index in [4.69, 9.17) is 4.99 Å². The third-order valence-corrected chi connectivity index (χ3v) is 5.07. The Bertz CT molecular complexity index is 1110. The largest absolute Gasteiger partial charge is 0.378 e. The summed E-state index contributed by atoms with van der Waals surface area (Å²) in [5.74, 6) is -0.138. The first-order chi connectivity index (χ1) is 15.1. The summed E-state index contributed by atoms with van der Waals surface area (Å²) in [5.41, 5.74) is 4.61. The van der Waals surface area contributed by atoms with Crippen molar-refractivity contribution in [3.63, 3.8) is 0 Å². The van der Waals surface area contributed by atoms with Crippen LogP contribution in [0.3, 0.4) is 0 Å². The summed E-state index contributed by atoms with van der Waals surface area (Å²) < 4.78 is 0. The number of fused-ring (bicyclic) bond motifs is 1. The van der Waals surface area contributed by atoms with Crippen LogP contribution in [0.1, 0.15) is 27.0 Å². The van der Waals surface area contributed by atoms with Crippen molar-refractivity contribution in [2.24, 2.45) is 4.99 Å². The lowest BCUT2D eigenvalue weighted by atomic mass is 9.98. The van der Waals surface area contributed by atoms with E-state index in [1.54, 1.807) is 18.2 Å². The molecule has 7 heteroatoms. The monoisotopic (exact) mass is 414 g/mol. The lowest BCUT2D eigenvalue weighted by molar-refractivity contribution is -0.496. The first-order valence-corrected chi connectivity index (χ1v) is 10.0. The Hall–Kier alpha value is -4.00. The molecule has 0 radical (unpaired) electrons. The zero-order valence-corrected chi connectivity index (χ0v) is 16.8. The molecule has 1 aliphatic rings. The van der Waals surface area contributed by atoms with Crippen LogP contribution in [-0.2, 0) is 6.54 Å². The van der Waals surface area contributed by atoms with Gasteiger partial charge in [-0.15, -0.1) is 0 Å². The first kappa shape index (κ1) is 20.3. The van der Waals surface area contributed by atoms with Gasteiger partial charge in [-0.25, -0.2) is 0 Å². The Kier molecular flexibility index (Phi) is 6.03. The molecule has 0 aromatic heterocycles. The topological polar surface area (TPSA) is 96.6 Å². The van der Waals surface area contributed by atoms with E-state index in [9.17, 15) is 14.9 Å². The maximum atomic E-state index is 12.4. The van der Waals surface area contributed by atoms with E-state index in [1.807, 2.05) is 60.7 Å². The third-order valence-electron chi connectivity index (χ3n) is 5.07. The summed E-state index contributed by atoms with van der Waals surface area (Å²) in [4.78, 5) is 27.9. The van der Waals surface area contributed by atoms with Gasteiger partial charge in [-0.1, -0.05) is 54.6 Å². The van der Waals surface area contributed by atoms with Crippen LogP contribution in [0.15, 0.2) is 83.9 Å². The average Bonchev–Trinajstić information content (AvgIpc) is 2.97. The smallest absolute Gasteiger partial charge is 0.251 e. The SMILES string of the molecule is O=C(NCC1CN=C(c2ccccc2)c2cc(C[N+](=O)[O-])ccc2N1)c1ccccc1. The maximum Gasteiger partial charge on any atom is 0.251 e. The minimum atomic E-state index is -0.340. The molecule has 3 aromatic carbocycles. The highest BCUT2D eigenvalue weighted by Crippen LogP contribution is 2.25.